The first-order chi connectivity index (χ1) is 10.1. The summed E-state index contributed by atoms with van der Waals surface area (Å²) in [7, 11) is 0. The van der Waals surface area contributed by atoms with Gasteiger partial charge >= 0.3 is 0 Å². The molecule has 108 valence electrons. The molecule has 5 nitrogen and oxygen atoms in total. The largest absolute Gasteiger partial charge is 0.444 e. The van der Waals surface area contributed by atoms with Crippen LogP contribution in [0.4, 0.5) is 5.69 Å². The third-order valence-corrected chi connectivity index (χ3v) is 3.80. The lowest BCUT2D eigenvalue weighted by molar-refractivity contribution is -0.118. The van der Waals surface area contributed by atoms with Gasteiger partial charge < -0.3 is 14.6 Å². The highest BCUT2D eigenvalue weighted by Gasteiger charge is 2.34. The fraction of sp³-hybridized carbons (Fsp3) is 0.200. The molecule has 2 aromatic rings. The van der Waals surface area contributed by atoms with Crippen LogP contribution < -0.4 is 10.2 Å². The second kappa shape index (κ2) is 5.73. The van der Waals surface area contributed by atoms with Crippen molar-refractivity contribution in [1.82, 2.24) is 5.32 Å². The highest BCUT2D eigenvalue weighted by molar-refractivity contribution is 9.10. The molecule has 1 N–H and O–H groups in total. The molecule has 21 heavy (non-hydrogen) atoms. The van der Waals surface area contributed by atoms with Gasteiger partial charge in [-0.15, -0.1) is 0 Å². The minimum atomic E-state index is -0.512. The van der Waals surface area contributed by atoms with E-state index >= 15 is 0 Å². The number of furan rings is 1. The van der Waals surface area contributed by atoms with Crippen molar-refractivity contribution in [2.75, 3.05) is 11.4 Å². The zero-order valence-electron chi connectivity index (χ0n) is 11.1. The highest BCUT2D eigenvalue weighted by atomic mass is 79.9. The van der Waals surface area contributed by atoms with E-state index in [1.54, 1.807) is 17.0 Å². The van der Waals surface area contributed by atoms with Crippen LogP contribution in [0.2, 0.25) is 0 Å². The summed E-state index contributed by atoms with van der Waals surface area (Å²) in [4.78, 5) is 26.0. The molecule has 0 spiro atoms. The summed E-state index contributed by atoms with van der Waals surface area (Å²) in [6, 6.07) is 12.1. The molecule has 1 aromatic heterocycles. The van der Waals surface area contributed by atoms with Gasteiger partial charge in [0, 0.05) is 12.2 Å². The molecule has 0 bridgehead atoms. The van der Waals surface area contributed by atoms with Gasteiger partial charge in [-0.3, -0.25) is 9.59 Å². The van der Waals surface area contributed by atoms with E-state index < -0.39 is 6.04 Å². The van der Waals surface area contributed by atoms with Gasteiger partial charge in [0.25, 0.3) is 5.91 Å². The maximum absolute atomic E-state index is 12.3. The summed E-state index contributed by atoms with van der Waals surface area (Å²) in [5.41, 5.74) is 0.847. The number of rotatable bonds is 3. The van der Waals surface area contributed by atoms with Gasteiger partial charge in [0.1, 0.15) is 6.04 Å². The number of nitrogens with one attached hydrogen (secondary N) is 1. The molecule has 6 heteroatoms. The number of nitrogens with zero attached hydrogens (tertiary/aromatic N) is 1. The van der Waals surface area contributed by atoms with Crippen molar-refractivity contribution in [1.29, 1.82) is 0 Å². The molecule has 0 radical (unpaired) electrons. The Balaban J connectivity index is 1.68. The van der Waals surface area contributed by atoms with Crippen LogP contribution in [0.5, 0.6) is 0 Å². The molecular formula is C15H13BrN2O3. The second-order valence-corrected chi connectivity index (χ2v) is 5.53. The number of hydrogen-bond acceptors (Lipinski definition) is 3. The quantitative estimate of drug-likeness (QED) is 0.927. The average molecular weight is 349 g/mol. The highest BCUT2D eigenvalue weighted by Crippen LogP contribution is 2.21. The first-order valence-electron chi connectivity index (χ1n) is 6.58. The summed E-state index contributed by atoms with van der Waals surface area (Å²) in [5.74, 6) is -0.290. The Morgan fingerprint density at radius 3 is 2.67 bits per heavy atom. The van der Waals surface area contributed by atoms with Gasteiger partial charge in [0.05, 0.1) is 0 Å². The fourth-order valence-electron chi connectivity index (χ4n) is 2.34. The molecule has 0 unspecified atom stereocenters. The van der Waals surface area contributed by atoms with Crippen LogP contribution in [-0.4, -0.2) is 24.4 Å². The van der Waals surface area contributed by atoms with Crippen molar-refractivity contribution in [3.63, 3.8) is 0 Å². The maximum Gasteiger partial charge on any atom is 0.287 e. The van der Waals surface area contributed by atoms with Gasteiger partial charge in [0.15, 0.2) is 10.4 Å². The van der Waals surface area contributed by atoms with E-state index in [4.69, 9.17) is 4.42 Å². The van der Waals surface area contributed by atoms with Gasteiger partial charge in [-0.1, -0.05) is 18.2 Å². The molecular weight excluding hydrogens is 336 g/mol. The van der Waals surface area contributed by atoms with Crippen molar-refractivity contribution >= 4 is 33.4 Å². The Morgan fingerprint density at radius 1 is 1.24 bits per heavy atom. The molecule has 3 rings (SSSR count). The van der Waals surface area contributed by atoms with Gasteiger partial charge in [0.2, 0.25) is 5.91 Å². The molecule has 0 saturated carbocycles. The van der Waals surface area contributed by atoms with Crippen LogP contribution in [0.3, 0.4) is 0 Å². The minimum absolute atomic E-state index is 0.0971. The van der Waals surface area contributed by atoms with Crippen LogP contribution in [-0.2, 0) is 4.79 Å². The number of benzene rings is 1. The van der Waals surface area contributed by atoms with Crippen LogP contribution >= 0.6 is 15.9 Å². The molecule has 1 saturated heterocycles. The standard InChI is InChI=1S/C15H13BrN2O3/c16-13-7-6-12(21-13)14(19)17-11-8-9-18(15(11)20)10-4-2-1-3-5-10/h1-7,11H,8-9H2,(H,17,19)/t11-/m1/s1. The zero-order chi connectivity index (χ0) is 14.8. The Morgan fingerprint density at radius 2 is 2.00 bits per heavy atom. The molecule has 1 aliphatic rings. The third kappa shape index (κ3) is 2.85. The SMILES string of the molecule is O=C(N[C@@H]1CCN(c2ccccc2)C1=O)c1ccc(Br)o1. The Kier molecular flexibility index (Phi) is 3.79. The lowest BCUT2D eigenvalue weighted by Crippen LogP contribution is -2.41. The number of halogens is 1. The lowest BCUT2D eigenvalue weighted by atomic mass is 10.2. The van der Waals surface area contributed by atoms with E-state index in [1.165, 1.54) is 0 Å². The van der Waals surface area contributed by atoms with Gasteiger partial charge in [-0.2, -0.15) is 0 Å². The number of carbonyl (C=O) groups is 2. The predicted molar refractivity (Wildman–Crippen MR) is 81.1 cm³/mol. The number of amides is 2. The van der Waals surface area contributed by atoms with E-state index in [9.17, 15) is 9.59 Å². The molecule has 0 aliphatic carbocycles. The van der Waals surface area contributed by atoms with Crippen LogP contribution in [0.15, 0.2) is 51.6 Å². The first kappa shape index (κ1) is 13.9. The first-order valence-corrected chi connectivity index (χ1v) is 7.37. The number of hydrogen-bond donors (Lipinski definition) is 1. The topological polar surface area (TPSA) is 62.6 Å². The van der Waals surface area contributed by atoms with Crippen molar-refractivity contribution in [2.24, 2.45) is 0 Å². The Labute approximate surface area is 130 Å². The predicted octanol–water partition coefficient (Wildman–Crippen LogP) is 2.58. The van der Waals surface area contributed by atoms with E-state index in [2.05, 4.69) is 21.2 Å². The Bertz CT molecular complexity index is 669. The van der Waals surface area contributed by atoms with Gasteiger partial charge in [-0.05, 0) is 46.6 Å². The zero-order valence-corrected chi connectivity index (χ0v) is 12.7. The molecule has 1 aliphatic heterocycles. The van der Waals surface area contributed by atoms with Crippen LogP contribution in [0.1, 0.15) is 17.0 Å². The number of anilines is 1. The van der Waals surface area contributed by atoms with E-state index in [-0.39, 0.29) is 17.6 Å². The smallest absolute Gasteiger partial charge is 0.287 e. The third-order valence-electron chi connectivity index (χ3n) is 3.38. The normalized spacial score (nSPS) is 18.0. The summed E-state index contributed by atoms with van der Waals surface area (Å²) >= 11 is 3.14. The number of para-hydroxylation sites is 1. The molecule has 2 amide bonds. The van der Waals surface area contributed by atoms with E-state index in [1.807, 2.05) is 30.3 Å². The van der Waals surface area contributed by atoms with Crippen LogP contribution in [0, 0.1) is 0 Å². The van der Waals surface area contributed by atoms with Crippen molar-refractivity contribution in [2.45, 2.75) is 12.5 Å². The summed E-state index contributed by atoms with van der Waals surface area (Å²) in [5, 5.41) is 2.71. The van der Waals surface area contributed by atoms with Crippen LogP contribution in [0.25, 0.3) is 0 Å². The molecule has 2 heterocycles. The minimum Gasteiger partial charge on any atom is -0.444 e. The maximum atomic E-state index is 12.3. The summed E-state index contributed by atoms with van der Waals surface area (Å²) < 4.78 is 5.66. The van der Waals surface area contributed by atoms with Crippen molar-refractivity contribution < 1.29 is 14.0 Å². The van der Waals surface area contributed by atoms with Crippen molar-refractivity contribution in [3.8, 4) is 0 Å². The summed E-state index contributed by atoms with van der Waals surface area (Å²) in [6.45, 7) is 0.593. The molecule has 1 atom stereocenters. The fourth-order valence-corrected chi connectivity index (χ4v) is 2.65. The Hall–Kier alpha value is -2.08. The van der Waals surface area contributed by atoms with Gasteiger partial charge in [-0.25, -0.2) is 0 Å². The van der Waals surface area contributed by atoms with E-state index in [0.717, 1.165) is 5.69 Å². The second-order valence-electron chi connectivity index (χ2n) is 4.74. The number of carbonyl (C=O) groups excluding carboxylic acids is 2. The van der Waals surface area contributed by atoms with Crippen molar-refractivity contribution in [3.05, 3.63) is 52.9 Å². The lowest BCUT2D eigenvalue weighted by Gasteiger charge is -2.16. The molecule has 1 aromatic carbocycles. The monoisotopic (exact) mass is 348 g/mol. The average Bonchev–Trinajstić information content (AvgIpc) is 3.07. The summed E-state index contributed by atoms with van der Waals surface area (Å²) in [6.07, 6.45) is 0.585. The van der Waals surface area contributed by atoms with E-state index in [0.29, 0.717) is 17.6 Å². The molecule has 1 fully saturated rings.